The molecule has 0 bridgehead atoms. The van der Waals surface area contributed by atoms with E-state index in [2.05, 4.69) is 17.6 Å². The molecule has 0 spiro atoms. The third kappa shape index (κ3) is 4.39. The summed E-state index contributed by atoms with van der Waals surface area (Å²) >= 11 is 0. The van der Waals surface area contributed by atoms with Gasteiger partial charge in [0, 0.05) is 12.1 Å². The smallest absolute Gasteiger partial charge is 0.315 e. The van der Waals surface area contributed by atoms with E-state index in [0.29, 0.717) is 6.42 Å². The molecule has 2 atom stereocenters. The third-order valence-corrected chi connectivity index (χ3v) is 4.71. The molecule has 2 aliphatic rings. The van der Waals surface area contributed by atoms with Gasteiger partial charge in [-0.1, -0.05) is 13.3 Å². The molecular formula is C15H26N2O3. The minimum atomic E-state index is -0.738. The first-order chi connectivity index (χ1) is 9.54. The van der Waals surface area contributed by atoms with Gasteiger partial charge in [0.2, 0.25) is 0 Å². The summed E-state index contributed by atoms with van der Waals surface area (Å²) in [5.74, 6) is -0.270. The summed E-state index contributed by atoms with van der Waals surface area (Å²) in [4.78, 5) is 23.0. The van der Waals surface area contributed by atoms with Crippen LogP contribution in [-0.4, -0.2) is 29.2 Å². The van der Waals surface area contributed by atoms with Gasteiger partial charge in [-0.3, -0.25) is 4.79 Å². The highest BCUT2D eigenvalue weighted by Gasteiger charge is 2.28. The zero-order valence-corrected chi connectivity index (χ0v) is 12.2. The van der Waals surface area contributed by atoms with Gasteiger partial charge in [-0.05, 0) is 50.9 Å². The molecule has 20 heavy (non-hydrogen) atoms. The van der Waals surface area contributed by atoms with Crippen LogP contribution in [0.5, 0.6) is 0 Å². The molecule has 0 aromatic carbocycles. The molecule has 0 saturated heterocycles. The maximum atomic E-state index is 12.0. The van der Waals surface area contributed by atoms with Crippen molar-refractivity contribution >= 4 is 12.0 Å². The van der Waals surface area contributed by atoms with Crippen LogP contribution in [0, 0.1) is 11.8 Å². The SMILES string of the molecule is CC1CCC(NC(=O)NC2CCCC(C(=O)O)C2)CC1. The van der Waals surface area contributed by atoms with Gasteiger partial charge < -0.3 is 15.7 Å². The van der Waals surface area contributed by atoms with E-state index in [1.54, 1.807) is 0 Å². The Kier molecular flexibility index (Phi) is 5.26. The first kappa shape index (κ1) is 15.1. The Bertz CT molecular complexity index is 351. The van der Waals surface area contributed by atoms with Crippen molar-refractivity contribution in [3.05, 3.63) is 0 Å². The average molecular weight is 282 g/mol. The van der Waals surface area contributed by atoms with E-state index in [1.807, 2.05) is 0 Å². The van der Waals surface area contributed by atoms with Crippen LogP contribution in [0.4, 0.5) is 4.79 Å². The molecule has 5 heteroatoms. The van der Waals surface area contributed by atoms with Crippen LogP contribution in [0.1, 0.15) is 58.3 Å². The second kappa shape index (κ2) is 6.95. The van der Waals surface area contributed by atoms with Crippen molar-refractivity contribution < 1.29 is 14.7 Å². The number of aliphatic carboxylic acids is 1. The first-order valence-corrected chi connectivity index (χ1v) is 7.84. The van der Waals surface area contributed by atoms with Gasteiger partial charge in [0.25, 0.3) is 0 Å². The van der Waals surface area contributed by atoms with Gasteiger partial charge in [-0.2, -0.15) is 0 Å². The van der Waals surface area contributed by atoms with Crippen molar-refractivity contribution in [2.24, 2.45) is 11.8 Å². The summed E-state index contributed by atoms with van der Waals surface area (Å²) in [6.45, 7) is 2.25. The van der Waals surface area contributed by atoms with Crippen LogP contribution >= 0.6 is 0 Å². The standard InChI is InChI=1S/C15H26N2O3/c1-10-5-7-12(8-6-10)16-15(20)17-13-4-2-3-11(9-13)14(18)19/h10-13H,2-9H2,1H3,(H,18,19)(H2,16,17,20). The molecule has 114 valence electrons. The van der Waals surface area contributed by atoms with E-state index in [9.17, 15) is 9.59 Å². The quantitative estimate of drug-likeness (QED) is 0.744. The van der Waals surface area contributed by atoms with Gasteiger partial charge in [0.05, 0.1) is 5.92 Å². The molecule has 3 N–H and O–H groups in total. The summed E-state index contributed by atoms with van der Waals surface area (Å²) in [6.07, 6.45) is 7.51. The second-order valence-electron chi connectivity index (χ2n) is 6.47. The lowest BCUT2D eigenvalue weighted by Gasteiger charge is -2.30. The van der Waals surface area contributed by atoms with Crippen molar-refractivity contribution in [2.75, 3.05) is 0 Å². The molecule has 0 aliphatic heterocycles. The highest BCUT2D eigenvalue weighted by atomic mass is 16.4. The number of carboxylic acid groups (broad SMARTS) is 1. The number of hydrogen-bond acceptors (Lipinski definition) is 2. The average Bonchev–Trinajstić information content (AvgIpc) is 2.41. The topological polar surface area (TPSA) is 78.4 Å². The van der Waals surface area contributed by atoms with E-state index in [4.69, 9.17) is 5.11 Å². The van der Waals surface area contributed by atoms with E-state index in [0.717, 1.165) is 38.0 Å². The molecule has 2 rings (SSSR count). The highest BCUT2D eigenvalue weighted by molar-refractivity contribution is 5.75. The van der Waals surface area contributed by atoms with Crippen LogP contribution < -0.4 is 10.6 Å². The fraction of sp³-hybridized carbons (Fsp3) is 0.867. The number of hydrogen-bond donors (Lipinski definition) is 3. The lowest BCUT2D eigenvalue weighted by atomic mass is 9.86. The maximum Gasteiger partial charge on any atom is 0.315 e. The van der Waals surface area contributed by atoms with Crippen LogP contribution in [0.3, 0.4) is 0 Å². The lowest BCUT2D eigenvalue weighted by Crippen LogP contribution is -2.48. The normalized spacial score (nSPS) is 34.2. The largest absolute Gasteiger partial charge is 0.481 e. The summed E-state index contributed by atoms with van der Waals surface area (Å²) in [7, 11) is 0. The van der Waals surface area contributed by atoms with Crippen molar-refractivity contribution in [2.45, 2.75) is 70.4 Å². The van der Waals surface area contributed by atoms with Gasteiger partial charge in [-0.25, -0.2) is 4.79 Å². The molecular weight excluding hydrogens is 256 g/mol. The van der Waals surface area contributed by atoms with E-state index >= 15 is 0 Å². The molecule has 5 nitrogen and oxygen atoms in total. The van der Waals surface area contributed by atoms with E-state index in [1.165, 1.54) is 12.8 Å². The fourth-order valence-electron chi connectivity index (χ4n) is 3.36. The maximum absolute atomic E-state index is 12.0. The molecule has 0 aromatic rings. The Hall–Kier alpha value is -1.26. The summed E-state index contributed by atoms with van der Waals surface area (Å²) in [5.41, 5.74) is 0. The van der Waals surface area contributed by atoms with Crippen molar-refractivity contribution in [3.8, 4) is 0 Å². The minimum Gasteiger partial charge on any atom is -0.481 e. The van der Waals surface area contributed by atoms with Crippen LogP contribution in [0.2, 0.25) is 0 Å². The minimum absolute atomic E-state index is 0.00682. The second-order valence-corrected chi connectivity index (χ2v) is 6.47. The third-order valence-electron chi connectivity index (χ3n) is 4.71. The summed E-state index contributed by atoms with van der Waals surface area (Å²) < 4.78 is 0. The molecule has 2 amide bonds. The van der Waals surface area contributed by atoms with Gasteiger partial charge in [0.1, 0.15) is 0 Å². The predicted octanol–water partition coefficient (Wildman–Crippen LogP) is 2.51. The highest BCUT2D eigenvalue weighted by Crippen LogP contribution is 2.25. The van der Waals surface area contributed by atoms with E-state index in [-0.39, 0.29) is 24.0 Å². The Labute approximate surface area is 120 Å². The molecule has 0 radical (unpaired) electrons. The molecule has 0 heterocycles. The van der Waals surface area contributed by atoms with Crippen LogP contribution in [-0.2, 0) is 4.79 Å². The van der Waals surface area contributed by atoms with Crippen LogP contribution in [0.25, 0.3) is 0 Å². The number of rotatable bonds is 3. The monoisotopic (exact) mass is 282 g/mol. The Balaban J connectivity index is 1.72. The Morgan fingerprint density at radius 3 is 2.25 bits per heavy atom. The molecule has 2 aliphatic carbocycles. The number of carbonyl (C=O) groups is 2. The van der Waals surface area contributed by atoms with Gasteiger partial charge >= 0.3 is 12.0 Å². The van der Waals surface area contributed by atoms with Crippen molar-refractivity contribution in [1.29, 1.82) is 0 Å². The molecule has 2 saturated carbocycles. The zero-order valence-electron chi connectivity index (χ0n) is 12.2. The Morgan fingerprint density at radius 2 is 1.60 bits per heavy atom. The molecule has 2 fully saturated rings. The number of amides is 2. The predicted molar refractivity (Wildman–Crippen MR) is 76.5 cm³/mol. The van der Waals surface area contributed by atoms with Crippen molar-refractivity contribution in [3.63, 3.8) is 0 Å². The number of carboxylic acids is 1. The number of nitrogens with one attached hydrogen (secondary N) is 2. The van der Waals surface area contributed by atoms with Gasteiger partial charge in [0.15, 0.2) is 0 Å². The van der Waals surface area contributed by atoms with Crippen molar-refractivity contribution in [1.82, 2.24) is 10.6 Å². The lowest BCUT2D eigenvalue weighted by molar-refractivity contribution is -0.143. The number of carbonyl (C=O) groups excluding carboxylic acids is 1. The first-order valence-electron chi connectivity index (χ1n) is 7.84. The summed E-state index contributed by atoms with van der Waals surface area (Å²) in [6, 6.07) is 0.165. The summed E-state index contributed by atoms with van der Waals surface area (Å²) in [5, 5.41) is 15.0. The molecule has 2 unspecified atom stereocenters. The molecule has 0 aromatic heterocycles. The fourth-order valence-corrected chi connectivity index (χ4v) is 3.36. The van der Waals surface area contributed by atoms with Gasteiger partial charge in [-0.15, -0.1) is 0 Å². The number of urea groups is 1. The van der Waals surface area contributed by atoms with Crippen LogP contribution in [0.15, 0.2) is 0 Å². The zero-order chi connectivity index (χ0) is 14.5. The Morgan fingerprint density at radius 1 is 0.950 bits per heavy atom. The van der Waals surface area contributed by atoms with E-state index < -0.39 is 5.97 Å².